The van der Waals surface area contributed by atoms with Gasteiger partial charge in [-0.1, -0.05) is 27.7 Å². The topological polar surface area (TPSA) is 18.5 Å². The Balaban J connectivity index is 2.45. The van der Waals surface area contributed by atoms with Gasteiger partial charge in [0.15, 0.2) is 6.29 Å². The van der Waals surface area contributed by atoms with Gasteiger partial charge in [-0.3, -0.25) is 0 Å². The standard InChI is InChI=1S/C12H24O2/c1-6-10-7-11(8-12(3,4)5)14-9(2)13-10/h9-11H,6-8H2,1-5H3. The molecule has 14 heavy (non-hydrogen) atoms. The van der Waals surface area contributed by atoms with E-state index in [1.807, 2.05) is 6.92 Å². The summed E-state index contributed by atoms with van der Waals surface area (Å²) in [6.07, 6.45) is 4.01. The van der Waals surface area contributed by atoms with E-state index in [4.69, 9.17) is 9.47 Å². The van der Waals surface area contributed by atoms with Gasteiger partial charge < -0.3 is 9.47 Å². The van der Waals surface area contributed by atoms with Crippen molar-refractivity contribution in [1.82, 2.24) is 0 Å². The molecule has 0 aromatic carbocycles. The molecule has 1 rings (SSSR count). The van der Waals surface area contributed by atoms with Gasteiger partial charge in [-0.05, 0) is 25.2 Å². The summed E-state index contributed by atoms with van der Waals surface area (Å²) in [5.74, 6) is 0. The number of hydrogen-bond acceptors (Lipinski definition) is 2. The van der Waals surface area contributed by atoms with Gasteiger partial charge in [-0.2, -0.15) is 0 Å². The second kappa shape index (κ2) is 4.63. The van der Waals surface area contributed by atoms with Crippen molar-refractivity contribution in [1.29, 1.82) is 0 Å². The van der Waals surface area contributed by atoms with E-state index >= 15 is 0 Å². The number of rotatable bonds is 2. The third-order valence-corrected chi connectivity index (χ3v) is 2.59. The third kappa shape index (κ3) is 3.97. The van der Waals surface area contributed by atoms with Crippen molar-refractivity contribution < 1.29 is 9.47 Å². The Labute approximate surface area is 88.0 Å². The van der Waals surface area contributed by atoms with Crippen LogP contribution in [-0.4, -0.2) is 18.5 Å². The molecule has 1 aliphatic rings. The summed E-state index contributed by atoms with van der Waals surface area (Å²) in [7, 11) is 0. The molecule has 0 N–H and O–H groups in total. The molecule has 1 fully saturated rings. The zero-order chi connectivity index (χ0) is 10.8. The van der Waals surface area contributed by atoms with Crippen LogP contribution in [0, 0.1) is 5.41 Å². The summed E-state index contributed by atoms with van der Waals surface area (Å²) in [6, 6.07) is 0. The van der Waals surface area contributed by atoms with Gasteiger partial charge >= 0.3 is 0 Å². The summed E-state index contributed by atoms with van der Waals surface area (Å²) in [5, 5.41) is 0. The van der Waals surface area contributed by atoms with Crippen LogP contribution in [0.5, 0.6) is 0 Å². The fraction of sp³-hybridized carbons (Fsp3) is 1.00. The average Bonchev–Trinajstić information content (AvgIpc) is 1.99. The molecule has 0 aromatic heterocycles. The van der Waals surface area contributed by atoms with Gasteiger partial charge in [-0.25, -0.2) is 0 Å². The second-order valence-electron chi connectivity index (χ2n) is 5.49. The zero-order valence-electron chi connectivity index (χ0n) is 10.2. The molecule has 0 bridgehead atoms. The van der Waals surface area contributed by atoms with Crippen molar-refractivity contribution in [2.75, 3.05) is 0 Å². The fourth-order valence-electron chi connectivity index (χ4n) is 2.06. The van der Waals surface area contributed by atoms with Gasteiger partial charge in [0.2, 0.25) is 0 Å². The molecule has 0 radical (unpaired) electrons. The van der Waals surface area contributed by atoms with Crippen LogP contribution in [0.1, 0.15) is 53.9 Å². The van der Waals surface area contributed by atoms with Gasteiger partial charge in [0.25, 0.3) is 0 Å². The average molecular weight is 200 g/mol. The van der Waals surface area contributed by atoms with Crippen LogP contribution in [0.4, 0.5) is 0 Å². The van der Waals surface area contributed by atoms with Crippen molar-refractivity contribution in [3.05, 3.63) is 0 Å². The molecule has 2 nitrogen and oxygen atoms in total. The van der Waals surface area contributed by atoms with Crippen molar-refractivity contribution in [3.63, 3.8) is 0 Å². The third-order valence-electron chi connectivity index (χ3n) is 2.59. The molecule has 0 aromatic rings. The van der Waals surface area contributed by atoms with Crippen LogP contribution in [0.15, 0.2) is 0 Å². The predicted molar refractivity (Wildman–Crippen MR) is 58.2 cm³/mol. The van der Waals surface area contributed by atoms with E-state index in [2.05, 4.69) is 27.7 Å². The molecule has 0 amide bonds. The van der Waals surface area contributed by atoms with Crippen molar-refractivity contribution in [3.8, 4) is 0 Å². The Bertz CT molecular complexity index is 172. The maximum atomic E-state index is 5.77. The predicted octanol–water partition coefficient (Wildman–Crippen LogP) is 3.35. The Morgan fingerprint density at radius 1 is 1.14 bits per heavy atom. The number of ether oxygens (including phenoxy) is 2. The maximum absolute atomic E-state index is 5.77. The van der Waals surface area contributed by atoms with E-state index < -0.39 is 0 Å². The first-order valence-electron chi connectivity index (χ1n) is 5.71. The molecule has 1 aliphatic heterocycles. The lowest BCUT2D eigenvalue weighted by atomic mass is 9.87. The first-order valence-corrected chi connectivity index (χ1v) is 5.71. The minimum absolute atomic E-state index is 0.0268. The number of hydrogen-bond donors (Lipinski definition) is 0. The molecule has 0 saturated carbocycles. The van der Waals surface area contributed by atoms with Crippen LogP contribution in [0.25, 0.3) is 0 Å². The van der Waals surface area contributed by atoms with Crippen LogP contribution >= 0.6 is 0 Å². The van der Waals surface area contributed by atoms with Gasteiger partial charge in [0.1, 0.15) is 0 Å². The Morgan fingerprint density at radius 3 is 2.21 bits per heavy atom. The lowest BCUT2D eigenvalue weighted by Crippen LogP contribution is -2.38. The minimum atomic E-state index is -0.0268. The van der Waals surface area contributed by atoms with Crippen LogP contribution < -0.4 is 0 Å². The molecule has 1 saturated heterocycles. The van der Waals surface area contributed by atoms with Gasteiger partial charge in [0.05, 0.1) is 12.2 Å². The Morgan fingerprint density at radius 2 is 1.71 bits per heavy atom. The molecule has 3 unspecified atom stereocenters. The van der Waals surface area contributed by atoms with Crippen molar-refractivity contribution in [2.24, 2.45) is 5.41 Å². The maximum Gasteiger partial charge on any atom is 0.155 e. The van der Waals surface area contributed by atoms with E-state index in [1.54, 1.807) is 0 Å². The summed E-state index contributed by atoms with van der Waals surface area (Å²) >= 11 is 0. The van der Waals surface area contributed by atoms with Crippen LogP contribution in [0.2, 0.25) is 0 Å². The van der Waals surface area contributed by atoms with Gasteiger partial charge in [-0.15, -0.1) is 0 Å². The zero-order valence-corrected chi connectivity index (χ0v) is 10.2. The van der Waals surface area contributed by atoms with Crippen molar-refractivity contribution in [2.45, 2.75) is 72.4 Å². The lowest BCUT2D eigenvalue weighted by Gasteiger charge is -2.36. The van der Waals surface area contributed by atoms with E-state index in [-0.39, 0.29) is 6.29 Å². The first-order chi connectivity index (χ1) is 6.40. The van der Waals surface area contributed by atoms with E-state index in [1.165, 1.54) is 0 Å². The second-order valence-corrected chi connectivity index (χ2v) is 5.49. The van der Waals surface area contributed by atoms with Crippen LogP contribution in [-0.2, 0) is 9.47 Å². The monoisotopic (exact) mass is 200 g/mol. The largest absolute Gasteiger partial charge is 0.350 e. The summed E-state index contributed by atoms with van der Waals surface area (Å²) in [5.41, 5.74) is 0.347. The minimum Gasteiger partial charge on any atom is -0.350 e. The molecule has 0 aliphatic carbocycles. The van der Waals surface area contributed by atoms with Crippen molar-refractivity contribution >= 4 is 0 Å². The highest BCUT2D eigenvalue weighted by Gasteiger charge is 2.29. The van der Waals surface area contributed by atoms with E-state index in [0.717, 1.165) is 19.3 Å². The Kier molecular flexibility index (Phi) is 3.96. The molecule has 84 valence electrons. The molecule has 1 heterocycles. The SMILES string of the molecule is CCC1CC(CC(C)(C)C)OC(C)O1. The lowest BCUT2D eigenvalue weighted by molar-refractivity contribution is -0.238. The molecule has 3 atom stereocenters. The highest BCUT2D eigenvalue weighted by molar-refractivity contribution is 4.75. The Hall–Kier alpha value is -0.0800. The smallest absolute Gasteiger partial charge is 0.155 e. The quantitative estimate of drug-likeness (QED) is 0.680. The van der Waals surface area contributed by atoms with Gasteiger partial charge in [0, 0.05) is 6.42 Å². The highest BCUT2D eigenvalue weighted by Crippen LogP contribution is 2.29. The fourth-order valence-corrected chi connectivity index (χ4v) is 2.06. The first kappa shape index (κ1) is 12.0. The van der Waals surface area contributed by atoms with E-state index in [9.17, 15) is 0 Å². The summed E-state index contributed by atoms with van der Waals surface area (Å²) < 4.78 is 11.4. The summed E-state index contributed by atoms with van der Waals surface area (Å²) in [6.45, 7) is 11.0. The molecular formula is C12H24O2. The summed E-state index contributed by atoms with van der Waals surface area (Å²) in [4.78, 5) is 0. The molecule has 2 heteroatoms. The van der Waals surface area contributed by atoms with E-state index in [0.29, 0.717) is 17.6 Å². The molecular weight excluding hydrogens is 176 g/mol. The normalized spacial score (nSPS) is 34.5. The molecule has 0 spiro atoms. The highest BCUT2D eigenvalue weighted by atomic mass is 16.7. The van der Waals surface area contributed by atoms with Crippen LogP contribution in [0.3, 0.4) is 0 Å².